The summed E-state index contributed by atoms with van der Waals surface area (Å²) in [5, 5.41) is 0. The number of hydrogen-bond acceptors (Lipinski definition) is 5. The third-order valence-corrected chi connectivity index (χ3v) is 5.32. The van der Waals surface area contributed by atoms with Crippen LogP contribution in [0.5, 0.6) is 5.75 Å². The van der Waals surface area contributed by atoms with Gasteiger partial charge in [0.1, 0.15) is 5.75 Å². The molecule has 0 unspecified atom stereocenters. The lowest BCUT2D eigenvalue weighted by Gasteiger charge is -2.29. The first kappa shape index (κ1) is 19.2. The highest BCUT2D eigenvalue weighted by Crippen LogP contribution is 2.19. The van der Waals surface area contributed by atoms with Crippen molar-refractivity contribution >= 4 is 21.8 Å². The van der Waals surface area contributed by atoms with Gasteiger partial charge in [0, 0.05) is 24.6 Å². The van der Waals surface area contributed by atoms with Gasteiger partial charge in [0.15, 0.2) is 0 Å². The summed E-state index contributed by atoms with van der Waals surface area (Å²) in [6.07, 6.45) is 2.01. The monoisotopic (exact) mass is 369 g/mol. The summed E-state index contributed by atoms with van der Waals surface area (Å²) in [6.45, 7) is 3.03. The van der Waals surface area contributed by atoms with Gasteiger partial charge in [-0.15, -0.1) is 0 Å². The minimum Gasteiger partial charge on any atom is -0.494 e. The lowest BCUT2D eigenvalue weighted by molar-refractivity contribution is -0.126. The number of benzene rings is 1. The summed E-state index contributed by atoms with van der Waals surface area (Å²) in [7, 11) is -3.22. The van der Waals surface area contributed by atoms with Gasteiger partial charge in [-0.3, -0.25) is 20.4 Å². The first-order valence-corrected chi connectivity index (χ1v) is 9.94. The van der Waals surface area contributed by atoms with Crippen LogP contribution in [0, 0.1) is 5.92 Å². The van der Waals surface area contributed by atoms with E-state index in [4.69, 9.17) is 4.74 Å². The normalized spacial score (nSPS) is 16.2. The Bertz CT molecular complexity index is 710. The van der Waals surface area contributed by atoms with E-state index in [2.05, 4.69) is 10.9 Å². The molecule has 0 aromatic heterocycles. The molecule has 1 saturated heterocycles. The fraction of sp³-hybridized carbons (Fsp3) is 0.500. The van der Waals surface area contributed by atoms with Crippen LogP contribution >= 0.6 is 0 Å². The van der Waals surface area contributed by atoms with E-state index in [-0.39, 0.29) is 11.8 Å². The summed E-state index contributed by atoms with van der Waals surface area (Å²) in [5.41, 5.74) is 5.18. The average molecular weight is 369 g/mol. The Kier molecular flexibility index (Phi) is 6.38. The van der Waals surface area contributed by atoms with Crippen molar-refractivity contribution in [1.29, 1.82) is 0 Å². The fourth-order valence-corrected chi connectivity index (χ4v) is 3.49. The van der Waals surface area contributed by atoms with E-state index in [1.54, 1.807) is 24.3 Å². The Labute approximate surface area is 147 Å². The van der Waals surface area contributed by atoms with E-state index in [1.807, 2.05) is 6.92 Å². The third kappa shape index (κ3) is 5.43. The Balaban J connectivity index is 1.81. The minimum atomic E-state index is -3.22. The van der Waals surface area contributed by atoms with Crippen molar-refractivity contribution in [3.05, 3.63) is 29.8 Å². The Morgan fingerprint density at radius 2 is 1.76 bits per heavy atom. The highest BCUT2D eigenvalue weighted by molar-refractivity contribution is 7.88. The van der Waals surface area contributed by atoms with E-state index in [1.165, 1.54) is 4.31 Å². The molecule has 1 aliphatic rings. The summed E-state index contributed by atoms with van der Waals surface area (Å²) in [5.74, 6) is -0.392. The van der Waals surface area contributed by atoms with Gasteiger partial charge in [0.05, 0.1) is 12.9 Å². The molecular weight excluding hydrogens is 346 g/mol. The van der Waals surface area contributed by atoms with Crippen LogP contribution in [0.25, 0.3) is 0 Å². The molecular formula is C16H23N3O5S. The lowest BCUT2D eigenvalue weighted by Crippen LogP contribution is -2.48. The molecule has 0 atom stereocenters. The number of hydrogen-bond donors (Lipinski definition) is 2. The van der Waals surface area contributed by atoms with Crippen LogP contribution in [0.3, 0.4) is 0 Å². The summed E-state index contributed by atoms with van der Waals surface area (Å²) < 4.78 is 29.6. The van der Waals surface area contributed by atoms with Gasteiger partial charge in [0.2, 0.25) is 15.9 Å². The average Bonchev–Trinajstić information content (AvgIpc) is 2.59. The molecule has 9 heteroatoms. The van der Waals surface area contributed by atoms with E-state index < -0.39 is 15.9 Å². The van der Waals surface area contributed by atoms with Crippen molar-refractivity contribution in [3.8, 4) is 5.75 Å². The van der Waals surface area contributed by atoms with Crippen molar-refractivity contribution in [2.24, 2.45) is 5.92 Å². The molecule has 2 amide bonds. The van der Waals surface area contributed by atoms with Crippen LogP contribution in [-0.2, 0) is 14.8 Å². The number of carbonyl (C=O) groups is 2. The molecule has 1 aromatic rings. The molecule has 1 aromatic carbocycles. The number of carbonyl (C=O) groups excluding carboxylic acids is 2. The van der Waals surface area contributed by atoms with E-state index in [0.29, 0.717) is 43.9 Å². The number of sulfonamides is 1. The van der Waals surface area contributed by atoms with Crippen LogP contribution in [0.2, 0.25) is 0 Å². The topological polar surface area (TPSA) is 105 Å². The Morgan fingerprint density at radius 3 is 2.28 bits per heavy atom. The highest BCUT2D eigenvalue weighted by atomic mass is 32.2. The highest BCUT2D eigenvalue weighted by Gasteiger charge is 2.29. The second kappa shape index (κ2) is 8.30. The molecule has 1 heterocycles. The maximum atomic E-state index is 12.1. The molecule has 2 N–H and O–H groups in total. The van der Waals surface area contributed by atoms with Crippen LogP contribution in [0.4, 0.5) is 0 Å². The Hall–Kier alpha value is -2.13. The maximum Gasteiger partial charge on any atom is 0.269 e. The van der Waals surface area contributed by atoms with Gasteiger partial charge in [-0.1, -0.05) is 0 Å². The molecule has 0 bridgehead atoms. The largest absolute Gasteiger partial charge is 0.494 e. The molecule has 2 rings (SSSR count). The maximum absolute atomic E-state index is 12.1. The second-order valence-corrected chi connectivity index (χ2v) is 7.82. The van der Waals surface area contributed by atoms with E-state index in [0.717, 1.165) is 6.26 Å². The first-order valence-electron chi connectivity index (χ1n) is 8.09. The molecule has 138 valence electrons. The van der Waals surface area contributed by atoms with Gasteiger partial charge in [0.25, 0.3) is 5.91 Å². The standard InChI is InChI=1S/C16H23N3O5S/c1-3-24-14-6-4-12(5-7-14)15(20)17-18-16(21)13-8-10-19(11-9-13)25(2,22)23/h4-7,13H,3,8-11H2,1-2H3,(H,17,20)(H,18,21). The van der Waals surface area contributed by atoms with Gasteiger partial charge < -0.3 is 4.74 Å². The number of ether oxygens (including phenoxy) is 1. The van der Waals surface area contributed by atoms with Crippen molar-refractivity contribution < 1.29 is 22.7 Å². The zero-order chi connectivity index (χ0) is 18.4. The SMILES string of the molecule is CCOc1ccc(C(=O)NNC(=O)C2CCN(S(C)(=O)=O)CC2)cc1. The predicted molar refractivity (Wildman–Crippen MR) is 92.4 cm³/mol. The summed E-state index contributed by atoms with van der Waals surface area (Å²) in [6, 6.07) is 6.58. The number of rotatable bonds is 5. The van der Waals surface area contributed by atoms with E-state index >= 15 is 0 Å². The molecule has 0 radical (unpaired) electrons. The predicted octanol–water partition coefficient (Wildman–Crippen LogP) is 0.518. The fourth-order valence-electron chi connectivity index (χ4n) is 2.61. The van der Waals surface area contributed by atoms with Crippen LogP contribution in [0.1, 0.15) is 30.1 Å². The van der Waals surface area contributed by atoms with Crippen molar-refractivity contribution in [1.82, 2.24) is 15.2 Å². The lowest BCUT2D eigenvalue weighted by atomic mass is 9.98. The second-order valence-electron chi connectivity index (χ2n) is 5.84. The molecule has 0 spiro atoms. The van der Waals surface area contributed by atoms with Gasteiger partial charge in [-0.05, 0) is 44.0 Å². The van der Waals surface area contributed by atoms with Gasteiger partial charge >= 0.3 is 0 Å². The third-order valence-electron chi connectivity index (χ3n) is 4.02. The number of nitrogens with zero attached hydrogens (tertiary/aromatic N) is 1. The molecule has 25 heavy (non-hydrogen) atoms. The van der Waals surface area contributed by atoms with Crippen molar-refractivity contribution in [2.75, 3.05) is 26.0 Å². The first-order chi connectivity index (χ1) is 11.8. The summed E-state index contributed by atoms with van der Waals surface area (Å²) >= 11 is 0. The van der Waals surface area contributed by atoms with Crippen molar-refractivity contribution in [2.45, 2.75) is 19.8 Å². The van der Waals surface area contributed by atoms with Crippen LogP contribution < -0.4 is 15.6 Å². The molecule has 1 aliphatic heterocycles. The molecule has 8 nitrogen and oxygen atoms in total. The molecule has 0 aliphatic carbocycles. The number of amides is 2. The smallest absolute Gasteiger partial charge is 0.269 e. The zero-order valence-corrected chi connectivity index (χ0v) is 15.1. The summed E-state index contributed by atoms with van der Waals surface area (Å²) in [4.78, 5) is 24.1. The number of nitrogens with one attached hydrogen (secondary N) is 2. The number of piperidine rings is 1. The van der Waals surface area contributed by atoms with Gasteiger partial charge in [-0.25, -0.2) is 12.7 Å². The Morgan fingerprint density at radius 1 is 1.16 bits per heavy atom. The zero-order valence-electron chi connectivity index (χ0n) is 14.3. The molecule has 0 saturated carbocycles. The minimum absolute atomic E-state index is 0.309. The van der Waals surface area contributed by atoms with Crippen LogP contribution in [0.15, 0.2) is 24.3 Å². The van der Waals surface area contributed by atoms with Crippen LogP contribution in [-0.4, -0.2) is 50.5 Å². The number of hydrazine groups is 1. The molecule has 1 fully saturated rings. The quantitative estimate of drug-likeness (QED) is 0.736. The van der Waals surface area contributed by atoms with Gasteiger partial charge in [-0.2, -0.15) is 0 Å². The van der Waals surface area contributed by atoms with Crippen molar-refractivity contribution in [3.63, 3.8) is 0 Å². The van der Waals surface area contributed by atoms with E-state index in [9.17, 15) is 18.0 Å².